The van der Waals surface area contributed by atoms with Gasteiger partial charge in [0.05, 0.1) is 5.69 Å². The normalized spacial score (nSPS) is 11.8. The predicted molar refractivity (Wildman–Crippen MR) is 107 cm³/mol. The van der Waals surface area contributed by atoms with E-state index in [1.54, 1.807) is 0 Å². The maximum atomic E-state index is 4.69. The summed E-state index contributed by atoms with van der Waals surface area (Å²) in [5, 5.41) is 6.80. The molecule has 0 unspecified atom stereocenters. The van der Waals surface area contributed by atoms with Crippen LogP contribution in [0.4, 0.5) is 11.8 Å². The van der Waals surface area contributed by atoms with Gasteiger partial charge in [-0.15, -0.1) is 0 Å². The van der Waals surface area contributed by atoms with Crippen LogP contribution in [0.3, 0.4) is 0 Å². The molecule has 2 heterocycles. The minimum absolute atomic E-state index is 0.325. The lowest BCUT2D eigenvalue weighted by Gasteiger charge is -2.14. The smallest absolute Gasteiger partial charge is 0.225 e. The maximum Gasteiger partial charge on any atom is 0.225 e. The average Bonchev–Trinajstić information content (AvgIpc) is 2.69. The van der Waals surface area contributed by atoms with Gasteiger partial charge < -0.3 is 10.6 Å². The van der Waals surface area contributed by atoms with E-state index in [2.05, 4.69) is 51.6 Å². The third kappa shape index (κ3) is 5.02. The van der Waals surface area contributed by atoms with E-state index in [0.29, 0.717) is 12.0 Å². The molecule has 3 rings (SSSR count). The second-order valence-electron chi connectivity index (χ2n) is 6.31. The summed E-state index contributed by atoms with van der Waals surface area (Å²) in [6, 6.07) is 16.6. The van der Waals surface area contributed by atoms with Gasteiger partial charge in [0.1, 0.15) is 5.82 Å². The van der Waals surface area contributed by atoms with Crippen LogP contribution < -0.4 is 10.6 Å². The van der Waals surface area contributed by atoms with E-state index >= 15 is 0 Å². The fraction of sp³-hybridized carbons (Fsp3) is 0.286. The van der Waals surface area contributed by atoms with Crippen LogP contribution >= 0.6 is 0 Å². The minimum Gasteiger partial charge on any atom is -0.370 e. The molecule has 0 aliphatic heterocycles. The number of pyridine rings is 1. The van der Waals surface area contributed by atoms with Crippen molar-refractivity contribution in [2.75, 3.05) is 17.2 Å². The Morgan fingerprint density at radius 1 is 1.00 bits per heavy atom. The van der Waals surface area contributed by atoms with Crippen LogP contribution in [0.5, 0.6) is 0 Å². The summed E-state index contributed by atoms with van der Waals surface area (Å²) in [6.07, 6.45) is 5.58. The molecule has 26 heavy (non-hydrogen) atoms. The standard InChI is InChI=1S/C21H25N5/c1-3-16(2)24-21-25-19(18-7-5-4-6-8-18)15-20(26-21)23-14-11-17-9-12-22-13-10-17/h4-10,12-13,15-16H,3,11,14H2,1-2H3,(H2,23,24,25,26)/t16-/m0/s1. The predicted octanol–water partition coefficient (Wildman–Crippen LogP) is 4.40. The summed E-state index contributed by atoms with van der Waals surface area (Å²) < 4.78 is 0. The number of nitrogens with zero attached hydrogens (tertiary/aromatic N) is 3. The van der Waals surface area contributed by atoms with Crippen molar-refractivity contribution in [1.29, 1.82) is 0 Å². The van der Waals surface area contributed by atoms with Crippen LogP contribution in [0.1, 0.15) is 25.8 Å². The third-order valence-electron chi connectivity index (χ3n) is 4.25. The van der Waals surface area contributed by atoms with Gasteiger partial charge in [0.25, 0.3) is 0 Å². The Bertz CT molecular complexity index is 805. The number of hydrogen-bond donors (Lipinski definition) is 2. The van der Waals surface area contributed by atoms with Crippen LogP contribution in [0.25, 0.3) is 11.3 Å². The van der Waals surface area contributed by atoms with E-state index < -0.39 is 0 Å². The van der Waals surface area contributed by atoms with Crippen molar-refractivity contribution in [3.63, 3.8) is 0 Å². The molecule has 0 spiro atoms. The molecular weight excluding hydrogens is 322 g/mol. The van der Waals surface area contributed by atoms with Crippen LogP contribution in [0, 0.1) is 0 Å². The number of benzene rings is 1. The number of rotatable bonds is 8. The number of aromatic nitrogens is 3. The number of hydrogen-bond acceptors (Lipinski definition) is 5. The number of anilines is 2. The summed E-state index contributed by atoms with van der Waals surface area (Å²) in [7, 11) is 0. The SMILES string of the molecule is CC[C@H](C)Nc1nc(NCCc2ccncc2)cc(-c2ccccc2)n1. The summed E-state index contributed by atoms with van der Waals surface area (Å²) in [6.45, 7) is 5.08. The first-order valence-corrected chi connectivity index (χ1v) is 9.08. The molecule has 0 saturated heterocycles. The van der Waals surface area contributed by atoms with Crippen LogP contribution in [-0.2, 0) is 6.42 Å². The Morgan fingerprint density at radius 2 is 1.77 bits per heavy atom. The molecule has 0 bridgehead atoms. The molecule has 2 N–H and O–H groups in total. The van der Waals surface area contributed by atoms with Crippen molar-refractivity contribution in [2.24, 2.45) is 0 Å². The largest absolute Gasteiger partial charge is 0.370 e. The third-order valence-corrected chi connectivity index (χ3v) is 4.25. The zero-order valence-corrected chi connectivity index (χ0v) is 15.3. The Morgan fingerprint density at radius 3 is 2.50 bits per heavy atom. The fourth-order valence-corrected chi connectivity index (χ4v) is 2.57. The fourth-order valence-electron chi connectivity index (χ4n) is 2.57. The van der Waals surface area contributed by atoms with Gasteiger partial charge in [-0.3, -0.25) is 4.98 Å². The monoisotopic (exact) mass is 347 g/mol. The van der Waals surface area contributed by atoms with Crippen LogP contribution in [0.2, 0.25) is 0 Å². The molecule has 1 aromatic carbocycles. The molecular formula is C21H25N5. The van der Waals surface area contributed by atoms with Gasteiger partial charge in [0.2, 0.25) is 5.95 Å². The van der Waals surface area contributed by atoms with Gasteiger partial charge >= 0.3 is 0 Å². The second kappa shape index (κ2) is 8.94. The molecule has 3 aromatic rings. The van der Waals surface area contributed by atoms with Gasteiger partial charge in [-0.25, -0.2) is 4.98 Å². The van der Waals surface area contributed by atoms with Crippen molar-refractivity contribution in [2.45, 2.75) is 32.7 Å². The van der Waals surface area contributed by atoms with Gasteiger partial charge in [-0.1, -0.05) is 37.3 Å². The molecule has 0 aliphatic carbocycles. The van der Waals surface area contributed by atoms with E-state index in [9.17, 15) is 0 Å². The second-order valence-corrected chi connectivity index (χ2v) is 6.31. The lowest BCUT2D eigenvalue weighted by Crippen LogP contribution is -2.17. The molecule has 1 atom stereocenters. The van der Waals surface area contributed by atoms with Crippen LogP contribution in [0.15, 0.2) is 60.9 Å². The lowest BCUT2D eigenvalue weighted by molar-refractivity contribution is 0.753. The molecule has 5 nitrogen and oxygen atoms in total. The molecule has 0 fully saturated rings. The van der Waals surface area contributed by atoms with Crippen LogP contribution in [-0.4, -0.2) is 27.5 Å². The summed E-state index contributed by atoms with van der Waals surface area (Å²) >= 11 is 0. The first kappa shape index (κ1) is 17.9. The Balaban J connectivity index is 1.77. The highest BCUT2D eigenvalue weighted by atomic mass is 15.2. The highest BCUT2D eigenvalue weighted by molar-refractivity contribution is 5.64. The number of nitrogens with one attached hydrogen (secondary N) is 2. The first-order chi connectivity index (χ1) is 12.7. The molecule has 2 aromatic heterocycles. The Labute approximate surface area is 154 Å². The van der Waals surface area contributed by atoms with Gasteiger partial charge in [0.15, 0.2) is 0 Å². The molecule has 0 aliphatic rings. The molecule has 0 saturated carbocycles. The van der Waals surface area contributed by atoms with E-state index in [0.717, 1.165) is 36.5 Å². The topological polar surface area (TPSA) is 62.7 Å². The molecule has 5 heteroatoms. The van der Waals surface area contributed by atoms with Crippen molar-refractivity contribution < 1.29 is 0 Å². The van der Waals surface area contributed by atoms with Crippen molar-refractivity contribution in [1.82, 2.24) is 15.0 Å². The molecule has 0 amide bonds. The van der Waals surface area contributed by atoms with Crippen molar-refractivity contribution >= 4 is 11.8 Å². The highest BCUT2D eigenvalue weighted by Crippen LogP contribution is 2.21. The highest BCUT2D eigenvalue weighted by Gasteiger charge is 2.08. The van der Waals surface area contributed by atoms with E-state index in [-0.39, 0.29) is 0 Å². The zero-order chi connectivity index (χ0) is 18.2. The Kier molecular flexibility index (Phi) is 6.14. The lowest BCUT2D eigenvalue weighted by atomic mass is 10.1. The van der Waals surface area contributed by atoms with E-state index in [4.69, 9.17) is 0 Å². The zero-order valence-electron chi connectivity index (χ0n) is 15.3. The molecule has 0 radical (unpaired) electrons. The maximum absolute atomic E-state index is 4.69. The molecule has 134 valence electrons. The van der Waals surface area contributed by atoms with Crippen molar-refractivity contribution in [3.05, 3.63) is 66.5 Å². The van der Waals surface area contributed by atoms with Gasteiger partial charge in [0, 0.05) is 36.6 Å². The Hall–Kier alpha value is -2.95. The minimum atomic E-state index is 0.325. The first-order valence-electron chi connectivity index (χ1n) is 9.08. The quantitative estimate of drug-likeness (QED) is 0.632. The summed E-state index contributed by atoms with van der Waals surface area (Å²) in [5.74, 6) is 1.49. The van der Waals surface area contributed by atoms with Gasteiger partial charge in [-0.2, -0.15) is 4.98 Å². The summed E-state index contributed by atoms with van der Waals surface area (Å²) in [5.41, 5.74) is 3.25. The summed E-state index contributed by atoms with van der Waals surface area (Å²) in [4.78, 5) is 13.4. The average molecular weight is 347 g/mol. The van der Waals surface area contributed by atoms with E-state index in [1.807, 2.05) is 48.8 Å². The van der Waals surface area contributed by atoms with Gasteiger partial charge in [-0.05, 0) is 37.5 Å². The van der Waals surface area contributed by atoms with E-state index in [1.165, 1.54) is 5.56 Å². The van der Waals surface area contributed by atoms with Crippen molar-refractivity contribution in [3.8, 4) is 11.3 Å².